The van der Waals surface area contributed by atoms with Crippen LogP contribution in [0.25, 0.3) is 11.1 Å². The molecule has 0 radical (unpaired) electrons. The molecule has 1 aromatic carbocycles. The molecule has 0 amide bonds. The Morgan fingerprint density at radius 2 is 2.13 bits per heavy atom. The lowest BCUT2D eigenvalue weighted by atomic mass is 9.87. The van der Waals surface area contributed by atoms with Crippen LogP contribution in [0, 0.1) is 5.92 Å². The van der Waals surface area contributed by atoms with Gasteiger partial charge in [-0.1, -0.05) is 69.0 Å². The summed E-state index contributed by atoms with van der Waals surface area (Å²) >= 11 is 0. The van der Waals surface area contributed by atoms with Crippen molar-refractivity contribution in [2.45, 2.75) is 40.0 Å². The lowest BCUT2D eigenvalue weighted by Gasteiger charge is -2.17. The van der Waals surface area contributed by atoms with E-state index in [1.165, 1.54) is 39.8 Å². The number of aryl methyl sites for hydroxylation is 1. The molecule has 0 aliphatic heterocycles. The van der Waals surface area contributed by atoms with Gasteiger partial charge in [0.25, 0.3) is 0 Å². The Bertz CT molecular complexity index is 750. The molecule has 0 heteroatoms. The van der Waals surface area contributed by atoms with Crippen molar-refractivity contribution in [1.82, 2.24) is 0 Å². The standard InChI is InChI=1S/C23H26/c1-5-7-8-9-17(4)23-18(6-2)12-13-20-21-14-16(3)10-11-19(21)15-22(20)23/h5,7-13,16H,1,6,14-15H2,2-4H3/b8-7-,17-9+. The zero-order valence-corrected chi connectivity index (χ0v) is 14.5. The van der Waals surface area contributed by atoms with Crippen LogP contribution in [-0.2, 0) is 12.8 Å². The van der Waals surface area contributed by atoms with Gasteiger partial charge in [0.15, 0.2) is 0 Å². The van der Waals surface area contributed by atoms with Crippen LogP contribution >= 0.6 is 0 Å². The van der Waals surface area contributed by atoms with Gasteiger partial charge in [-0.2, -0.15) is 0 Å². The van der Waals surface area contributed by atoms with E-state index in [9.17, 15) is 0 Å². The van der Waals surface area contributed by atoms with Gasteiger partial charge in [-0.25, -0.2) is 0 Å². The Labute approximate surface area is 140 Å². The summed E-state index contributed by atoms with van der Waals surface area (Å²) in [6.45, 7) is 10.5. The molecule has 23 heavy (non-hydrogen) atoms. The number of benzene rings is 1. The van der Waals surface area contributed by atoms with Crippen LogP contribution in [0.1, 0.15) is 49.4 Å². The fraction of sp³-hybridized carbons (Fsp3) is 0.304. The van der Waals surface area contributed by atoms with Crippen LogP contribution in [0.2, 0.25) is 0 Å². The van der Waals surface area contributed by atoms with Gasteiger partial charge in [-0.3, -0.25) is 0 Å². The first-order chi connectivity index (χ1) is 11.2. The van der Waals surface area contributed by atoms with E-state index in [-0.39, 0.29) is 0 Å². The van der Waals surface area contributed by atoms with Gasteiger partial charge in [0, 0.05) is 0 Å². The minimum absolute atomic E-state index is 0.654. The maximum atomic E-state index is 3.75. The number of rotatable bonds is 4. The van der Waals surface area contributed by atoms with E-state index in [2.05, 4.69) is 63.8 Å². The monoisotopic (exact) mass is 302 g/mol. The van der Waals surface area contributed by atoms with E-state index in [0.717, 1.165) is 12.8 Å². The molecule has 1 unspecified atom stereocenters. The van der Waals surface area contributed by atoms with Crippen molar-refractivity contribution in [3.63, 3.8) is 0 Å². The number of allylic oxidation sites excluding steroid dienone is 9. The molecule has 1 aromatic rings. The van der Waals surface area contributed by atoms with E-state index in [1.807, 2.05) is 12.2 Å². The summed E-state index contributed by atoms with van der Waals surface area (Å²) in [5.41, 5.74) is 10.4. The first-order valence-corrected chi connectivity index (χ1v) is 8.67. The third-order valence-corrected chi connectivity index (χ3v) is 5.00. The van der Waals surface area contributed by atoms with E-state index in [0.29, 0.717) is 5.92 Å². The predicted octanol–water partition coefficient (Wildman–Crippen LogP) is 6.30. The third kappa shape index (κ3) is 2.91. The summed E-state index contributed by atoms with van der Waals surface area (Å²) < 4.78 is 0. The van der Waals surface area contributed by atoms with Gasteiger partial charge in [0.1, 0.15) is 0 Å². The number of hydrogen-bond donors (Lipinski definition) is 0. The molecule has 0 saturated carbocycles. The Hall–Kier alpha value is -2.08. The summed E-state index contributed by atoms with van der Waals surface area (Å²) in [5.74, 6) is 0.654. The van der Waals surface area contributed by atoms with Gasteiger partial charge in [0.2, 0.25) is 0 Å². The molecule has 1 atom stereocenters. The van der Waals surface area contributed by atoms with Gasteiger partial charge >= 0.3 is 0 Å². The van der Waals surface area contributed by atoms with Crippen molar-refractivity contribution in [3.05, 3.63) is 83.0 Å². The maximum absolute atomic E-state index is 3.75. The second-order valence-corrected chi connectivity index (χ2v) is 6.67. The van der Waals surface area contributed by atoms with Crippen LogP contribution in [0.4, 0.5) is 0 Å². The Morgan fingerprint density at radius 1 is 1.30 bits per heavy atom. The van der Waals surface area contributed by atoms with E-state index >= 15 is 0 Å². The van der Waals surface area contributed by atoms with Gasteiger partial charge in [-0.05, 0) is 71.1 Å². The average Bonchev–Trinajstić information content (AvgIpc) is 2.91. The van der Waals surface area contributed by atoms with E-state index < -0.39 is 0 Å². The normalized spacial score (nSPS) is 20.1. The maximum Gasteiger partial charge on any atom is -0.00107 e. The molecule has 0 aromatic heterocycles. The summed E-state index contributed by atoms with van der Waals surface area (Å²) in [7, 11) is 0. The number of hydrogen-bond acceptors (Lipinski definition) is 0. The minimum Gasteiger partial charge on any atom is -0.0991 e. The van der Waals surface area contributed by atoms with Crippen molar-refractivity contribution in [2.75, 3.05) is 0 Å². The van der Waals surface area contributed by atoms with Crippen molar-refractivity contribution in [2.24, 2.45) is 5.92 Å². The first kappa shape index (κ1) is 15.8. The Balaban J connectivity index is 2.09. The molecule has 0 N–H and O–H groups in total. The third-order valence-electron chi connectivity index (χ3n) is 5.00. The molecule has 0 spiro atoms. The molecule has 118 valence electrons. The summed E-state index contributed by atoms with van der Waals surface area (Å²) in [4.78, 5) is 0. The highest BCUT2D eigenvalue weighted by Gasteiger charge is 2.26. The topological polar surface area (TPSA) is 0 Å². The zero-order valence-electron chi connectivity index (χ0n) is 14.5. The molecule has 0 bridgehead atoms. The van der Waals surface area contributed by atoms with Gasteiger partial charge in [-0.15, -0.1) is 0 Å². The lowest BCUT2D eigenvalue weighted by Crippen LogP contribution is -1.99. The molecule has 0 saturated heterocycles. The second-order valence-electron chi connectivity index (χ2n) is 6.67. The summed E-state index contributed by atoms with van der Waals surface area (Å²) in [6, 6.07) is 4.69. The van der Waals surface area contributed by atoms with Crippen molar-refractivity contribution in [1.29, 1.82) is 0 Å². The Morgan fingerprint density at radius 3 is 2.87 bits per heavy atom. The first-order valence-electron chi connectivity index (χ1n) is 8.67. The largest absolute Gasteiger partial charge is 0.0991 e. The van der Waals surface area contributed by atoms with Crippen molar-refractivity contribution >= 4 is 11.1 Å². The average molecular weight is 302 g/mol. The van der Waals surface area contributed by atoms with Crippen LogP contribution < -0.4 is 0 Å². The summed E-state index contributed by atoms with van der Waals surface area (Å²) in [5, 5.41) is 0. The van der Waals surface area contributed by atoms with Crippen LogP contribution in [0.5, 0.6) is 0 Å². The molecular formula is C23H26. The van der Waals surface area contributed by atoms with Crippen molar-refractivity contribution in [3.8, 4) is 0 Å². The SMILES string of the molecule is C=C/C=C\C=C(/C)c1c(CC)ccc2c1CC1=C2CC(C)C=C1. The molecule has 0 fully saturated rings. The zero-order chi connectivity index (χ0) is 16.4. The molecule has 2 aliphatic carbocycles. The molecule has 2 aliphatic rings. The predicted molar refractivity (Wildman–Crippen MR) is 102 cm³/mol. The lowest BCUT2D eigenvalue weighted by molar-refractivity contribution is 0.745. The quantitative estimate of drug-likeness (QED) is 0.572. The highest BCUT2D eigenvalue weighted by Crippen LogP contribution is 2.44. The highest BCUT2D eigenvalue weighted by molar-refractivity contribution is 5.85. The van der Waals surface area contributed by atoms with Gasteiger partial charge in [0.05, 0.1) is 0 Å². The molecule has 0 heterocycles. The number of fused-ring (bicyclic) bond motifs is 2. The van der Waals surface area contributed by atoms with E-state index in [4.69, 9.17) is 0 Å². The van der Waals surface area contributed by atoms with Crippen molar-refractivity contribution < 1.29 is 0 Å². The molecular weight excluding hydrogens is 276 g/mol. The Kier molecular flexibility index (Phi) is 4.52. The minimum atomic E-state index is 0.654. The van der Waals surface area contributed by atoms with Crippen LogP contribution in [0.3, 0.4) is 0 Å². The summed E-state index contributed by atoms with van der Waals surface area (Å²) in [6.07, 6.45) is 16.2. The fourth-order valence-electron chi connectivity index (χ4n) is 3.85. The highest BCUT2D eigenvalue weighted by atomic mass is 14.3. The molecule has 0 nitrogen and oxygen atoms in total. The fourth-order valence-corrected chi connectivity index (χ4v) is 3.85. The van der Waals surface area contributed by atoms with Crippen LogP contribution in [0.15, 0.2) is 60.7 Å². The van der Waals surface area contributed by atoms with E-state index in [1.54, 1.807) is 5.57 Å². The van der Waals surface area contributed by atoms with Crippen LogP contribution in [-0.4, -0.2) is 0 Å². The smallest absolute Gasteiger partial charge is 0.00107 e. The van der Waals surface area contributed by atoms with Gasteiger partial charge < -0.3 is 0 Å². The second kappa shape index (κ2) is 6.58. The molecule has 3 rings (SSSR count).